The molecule has 0 radical (unpaired) electrons. The Morgan fingerprint density at radius 1 is 1.53 bits per heavy atom. The first-order valence-corrected chi connectivity index (χ1v) is 6.30. The fourth-order valence-electron chi connectivity index (χ4n) is 1.98. The monoisotopic (exact) mass is 269 g/mol. The number of amides is 1. The molecule has 2 rings (SSSR count). The van der Waals surface area contributed by atoms with Crippen LogP contribution in [-0.2, 0) is 4.79 Å². The molecule has 7 nitrogen and oxygen atoms in total. The Balaban J connectivity index is 1.84. The van der Waals surface area contributed by atoms with Gasteiger partial charge in [-0.25, -0.2) is 0 Å². The molecule has 0 aliphatic carbocycles. The highest BCUT2D eigenvalue weighted by Crippen LogP contribution is 2.17. The van der Waals surface area contributed by atoms with Crippen molar-refractivity contribution in [2.24, 2.45) is 0 Å². The van der Waals surface area contributed by atoms with E-state index in [0.717, 1.165) is 5.69 Å². The maximum absolute atomic E-state index is 11.8. The molecule has 1 saturated heterocycles. The Kier molecular flexibility index (Phi) is 4.18. The predicted octanol–water partition coefficient (Wildman–Crippen LogP) is -0.226. The second kappa shape index (κ2) is 5.68. The Labute approximate surface area is 111 Å². The van der Waals surface area contributed by atoms with Gasteiger partial charge in [-0.05, 0) is 5.92 Å². The van der Waals surface area contributed by atoms with Crippen molar-refractivity contribution in [1.82, 2.24) is 10.1 Å². The van der Waals surface area contributed by atoms with E-state index in [0.29, 0.717) is 19.0 Å². The fraction of sp³-hybridized carbons (Fsp3) is 0.667. The zero-order valence-electron chi connectivity index (χ0n) is 11.0. The van der Waals surface area contributed by atoms with Gasteiger partial charge in [0.1, 0.15) is 0 Å². The van der Waals surface area contributed by atoms with Crippen molar-refractivity contribution in [3.63, 3.8) is 0 Å². The van der Waals surface area contributed by atoms with E-state index in [4.69, 9.17) is 4.52 Å². The van der Waals surface area contributed by atoms with Gasteiger partial charge in [-0.3, -0.25) is 15.0 Å². The predicted molar refractivity (Wildman–Crippen MR) is 67.7 cm³/mol. The van der Waals surface area contributed by atoms with Crippen LogP contribution in [0.4, 0.5) is 5.88 Å². The smallest absolute Gasteiger partial charge is 0.240 e. The van der Waals surface area contributed by atoms with Gasteiger partial charge in [0.05, 0.1) is 24.4 Å². The zero-order chi connectivity index (χ0) is 14.0. The Morgan fingerprint density at radius 2 is 2.16 bits per heavy atom. The standard InChI is InChI=1S/C12H19N3O4/c1-7(2)8-3-12(19-14-8)13-11(18)6-15-4-9(16)10(17)5-15/h3,7,9-10,16-17H,4-6H2,1-2H3,(H,13,18). The Hall–Kier alpha value is -1.44. The molecule has 2 heterocycles. The van der Waals surface area contributed by atoms with Crippen LogP contribution in [0.3, 0.4) is 0 Å². The second-order valence-electron chi connectivity index (χ2n) is 5.15. The molecule has 0 spiro atoms. The van der Waals surface area contributed by atoms with Crippen LogP contribution in [0, 0.1) is 0 Å². The molecule has 1 aromatic heterocycles. The molecule has 2 atom stereocenters. The number of aromatic nitrogens is 1. The molecular weight excluding hydrogens is 250 g/mol. The number of β-amino-alcohol motifs (C(OH)–C–C–N with tert-alkyl or cyclic N) is 2. The Bertz CT molecular complexity index is 436. The summed E-state index contributed by atoms with van der Waals surface area (Å²) in [6, 6.07) is 1.69. The lowest BCUT2D eigenvalue weighted by molar-refractivity contribution is -0.117. The van der Waals surface area contributed by atoms with E-state index in [2.05, 4.69) is 10.5 Å². The van der Waals surface area contributed by atoms with Crippen molar-refractivity contribution in [3.8, 4) is 0 Å². The van der Waals surface area contributed by atoms with E-state index in [-0.39, 0.29) is 18.4 Å². The van der Waals surface area contributed by atoms with Gasteiger partial charge in [-0.2, -0.15) is 0 Å². The number of carbonyl (C=O) groups is 1. The van der Waals surface area contributed by atoms with Gasteiger partial charge >= 0.3 is 0 Å². The number of carbonyl (C=O) groups excluding carboxylic acids is 1. The van der Waals surface area contributed by atoms with E-state index < -0.39 is 12.2 Å². The highest BCUT2D eigenvalue weighted by Gasteiger charge is 2.30. The van der Waals surface area contributed by atoms with Crippen molar-refractivity contribution in [1.29, 1.82) is 0 Å². The number of aliphatic hydroxyl groups excluding tert-OH is 2. The summed E-state index contributed by atoms with van der Waals surface area (Å²) in [4.78, 5) is 13.4. The van der Waals surface area contributed by atoms with Gasteiger partial charge in [-0.1, -0.05) is 19.0 Å². The minimum absolute atomic E-state index is 0.103. The summed E-state index contributed by atoms with van der Waals surface area (Å²) in [5.74, 6) is 0.292. The third-order valence-corrected chi connectivity index (χ3v) is 3.08. The topological polar surface area (TPSA) is 98.8 Å². The quantitative estimate of drug-likeness (QED) is 0.698. The minimum Gasteiger partial charge on any atom is -0.389 e. The number of nitrogens with zero attached hydrogens (tertiary/aromatic N) is 2. The van der Waals surface area contributed by atoms with Gasteiger partial charge in [0.2, 0.25) is 11.8 Å². The lowest BCUT2D eigenvalue weighted by Gasteiger charge is -2.12. The molecular formula is C12H19N3O4. The van der Waals surface area contributed by atoms with Crippen LogP contribution in [0.25, 0.3) is 0 Å². The van der Waals surface area contributed by atoms with Crippen LogP contribution in [0.5, 0.6) is 0 Å². The first-order chi connectivity index (χ1) is 8.95. The number of likely N-dealkylation sites (tertiary alicyclic amines) is 1. The van der Waals surface area contributed by atoms with Crippen molar-refractivity contribution in [2.75, 3.05) is 25.0 Å². The number of aliphatic hydroxyl groups is 2. The first kappa shape index (κ1) is 14.0. The van der Waals surface area contributed by atoms with E-state index in [9.17, 15) is 15.0 Å². The number of hydrogen-bond acceptors (Lipinski definition) is 6. The second-order valence-corrected chi connectivity index (χ2v) is 5.15. The van der Waals surface area contributed by atoms with Crippen LogP contribution in [0.15, 0.2) is 10.6 Å². The molecule has 0 bridgehead atoms. The zero-order valence-corrected chi connectivity index (χ0v) is 11.0. The van der Waals surface area contributed by atoms with Gasteiger partial charge in [0.15, 0.2) is 0 Å². The minimum atomic E-state index is -0.786. The SMILES string of the molecule is CC(C)c1cc(NC(=O)CN2CC(O)C(O)C2)on1. The van der Waals surface area contributed by atoms with Gasteiger partial charge < -0.3 is 14.7 Å². The number of rotatable bonds is 4. The lowest BCUT2D eigenvalue weighted by atomic mass is 10.1. The molecule has 7 heteroatoms. The normalized spacial score (nSPS) is 24.1. The highest BCUT2D eigenvalue weighted by atomic mass is 16.5. The highest BCUT2D eigenvalue weighted by molar-refractivity contribution is 5.91. The molecule has 2 unspecified atom stereocenters. The van der Waals surface area contributed by atoms with E-state index in [1.807, 2.05) is 13.8 Å². The van der Waals surface area contributed by atoms with Crippen LogP contribution in [0.2, 0.25) is 0 Å². The van der Waals surface area contributed by atoms with Crippen molar-refractivity contribution >= 4 is 11.8 Å². The van der Waals surface area contributed by atoms with Crippen LogP contribution < -0.4 is 5.32 Å². The average Bonchev–Trinajstić information content (AvgIpc) is 2.87. The van der Waals surface area contributed by atoms with Gasteiger partial charge in [-0.15, -0.1) is 0 Å². The third kappa shape index (κ3) is 3.52. The summed E-state index contributed by atoms with van der Waals surface area (Å²) >= 11 is 0. The molecule has 1 aliphatic heterocycles. The van der Waals surface area contributed by atoms with Crippen molar-refractivity contribution in [2.45, 2.75) is 32.0 Å². The maximum Gasteiger partial charge on any atom is 0.240 e. The molecule has 0 aromatic carbocycles. The van der Waals surface area contributed by atoms with Crippen molar-refractivity contribution < 1.29 is 19.5 Å². The number of hydrogen-bond donors (Lipinski definition) is 3. The van der Waals surface area contributed by atoms with Gasteiger partial charge in [0.25, 0.3) is 0 Å². The van der Waals surface area contributed by atoms with E-state index >= 15 is 0 Å². The molecule has 3 N–H and O–H groups in total. The summed E-state index contributed by atoms with van der Waals surface area (Å²) in [7, 11) is 0. The maximum atomic E-state index is 11.8. The molecule has 1 aliphatic rings. The third-order valence-electron chi connectivity index (χ3n) is 3.08. The molecule has 1 amide bonds. The first-order valence-electron chi connectivity index (χ1n) is 6.30. The summed E-state index contributed by atoms with van der Waals surface area (Å²) in [5, 5.41) is 25.2. The molecule has 19 heavy (non-hydrogen) atoms. The fourth-order valence-corrected chi connectivity index (χ4v) is 1.98. The molecule has 106 valence electrons. The number of anilines is 1. The van der Waals surface area contributed by atoms with Crippen LogP contribution in [0.1, 0.15) is 25.5 Å². The summed E-state index contributed by atoms with van der Waals surface area (Å²) in [5.41, 5.74) is 0.780. The largest absolute Gasteiger partial charge is 0.389 e. The van der Waals surface area contributed by atoms with Crippen molar-refractivity contribution in [3.05, 3.63) is 11.8 Å². The lowest BCUT2D eigenvalue weighted by Crippen LogP contribution is -2.32. The molecule has 0 saturated carbocycles. The van der Waals surface area contributed by atoms with Crippen LogP contribution in [-0.4, -0.2) is 58.0 Å². The van der Waals surface area contributed by atoms with Crippen LogP contribution >= 0.6 is 0 Å². The summed E-state index contributed by atoms with van der Waals surface area (Å²) < 4.78 is 5.00. The van der Waals surface area contributed by atoms with E-state index in [1.165, 1.54) is 0 Å². The molecule has 1 aromatic rings. The Morgan fingerprint density at radius 3 is 2.68 bits per heavy atom. The number of nitrogens with one attached hydrogen (secondary N) is 1. The van der Waals surface area contributed by atoms with Gasteiger partial charge in [0, 0.05) is 19.2 Å². The van der Waals surface area contributed by atoms with E-state index in [1.54, 1.807) is 11.0 Å². The summed E-state index contributed by atoms with van der Waals surface area (Å²) in [6.45, 7) is 4.66. The summed E-state index contributed by atoms with van der Waals surface area (Å²) in [6.07, 6.45) is -1.57. The molecule has 1 fully saturated rings. The average molecular weight is 269 g/mol.